The molecule has 0 aromatic heterocycles. The van der Waals surface area contributed by atoms with Crippen molar-refractivity contribution in [1.82, 2.24) is 4.90 Å². The highest BCUT2D eigenvalue weighted by Gasteiger charge is 2.87. The van der Waals surface area contributed by atoms with Gasteiger partial charge in [-0.1, -0.05) is 91.9 Å². The highest BCUT2D eigenvalue weighted by Crippen LogP contribution is 2.77. The third-order valence-electron chi connectivity index (χ3n) is 5.99. The molecule has 3 rings (SSSR count). The first-order valence-corrected chi connectivity index (χ1v) is 11.5. The number of alkyl halides is 4. The van der Waals surface area contributed by atoms with Crippen molar-refractivity contribution in [2.45, 2.75) is 66.0 Å². The molecule has 1 aliphatic heterocycles. The van der Waals surface area contributed by atoms with Gasteiger partial charge in [-0.05, 0) is 6.42 Å². The topological polar surface area (TPSA) is 37.4 Å². The predicted octanol–water partition coefficient (Wildman–Crippen LogP) is 6.18. The molecule has 0 N–H and O–H groups in total. The number of rotatable bonds is 8. The molecule has 152 valence electrons. The number of carbonyl (C=O) groups excluding carboxylic acids is 2. The Morgan fingerprint density at radius 3 is 1.63 bits per heavy atom. The Hall–Kier alpha value is 0.620. The maximum absolute atomic E-state index is 13.0. The molecular formula is C18H21Cl6NO2. The first kappa shape index (κ1) is 22.3. The smallest absolute Gasteiger partial charge is 0.235 e. The van der Waals surface area contributed by atoms with Crippen molar-refractivity contribution in [3.63, 3.8) is 0 Å². The summed E-state index contributed by atoms with van der Waals surface area (Å²) in [5.41, 5.74) is 0. The number of nitrogens with zero attached hydrogens (tertiary/aromatic N) is 1. The molecule has 2 bridgehead atoms. The minimum atomic E-state index is -1.86. The van der Waals surface area contributed by atoms with Crippen molar-refractivity contribution in [2.24, 2.45) is 11.8 Å². The van der Waals surface area contributed by atoms with Crippen molar-refractivity contribution < 1.29 is 9.59 Å². The maximum Gasteiger partial charge on any atom is 0.235 e. The molecule has 0 aromatic rings. The molecule has 4 atom stereocenters. The number of halogens is 6. The first-order chi connectivity index (χ1) is 12.6. The van der Waals surface area contributed by atoms with Crippen LogP contribution in [0.4, 0.5) is 0 Å². The minimum Gasteiger partial charge on any atom is -0.282 e. The summed E-state index contributed by atoms with van der Waals surface area (Å²) in [4.78, 5) is 23.8. The number of carbonyl (C=O) groups is 2. The summed E-state index contributed by atoms with van der Waals surface area (Å²) in [6, 6.07) is 0. The van der Waals surface area contributed by atoms with Crippen molar-refractivity contribution in [2.75, 3.05) is 6.54 Å². The number of likely N-dealkylation sites (tertiary alicyclic amines) is 1. The average Bonchev–Trinajstić information content (AvgIpc) is 2.99. The van der Waals surface area contributed by atoms with E-state index in [0.717, 1.165) is 25.7 Å². The Morgan fingerprint density at radius 2 is 1.19 bits per heavy atom. The van der Waals surface area contributed by atoms with Crippen LogP contribution in [0.1, 0.15) is 51.9 Å². The molecular weight excluding hydrogens is 475 g/mol. The molecule has 2 aliphatic carbocycles. The van der Waals surface area contributed by atoms with Gasteiger partial charge in [0.1, 0.15) is 9.75 Å². The number of hydrogen-bond donors (Lipinski definition) is 0. The van der Waals surface area contributed by atoms with Crippen molar-refractivity contribution in [3.05, 3.63) is 10.1 Å². The van der Waals surface area contributed by atoms with Crippen LogP contribution in [0.2, 0.25) is 0 Å². The zero-order valence-corrected chi connectivity index (χ0v) is 19.4. The van der Waals surface area contributed by atoms with Gasteiger partial charge >= 0.3 is 0 Å². The monoisotopic (exact) mass is 493 g/mol. The Kier molecular flexibility index (Phi) is 6.37. The maximum atomic E-state index is 13.0. The lowest BCUT2D eigenvalue weighted by Crippen LogP contribution is -2.50. The molecule has 1 heterocycles. The van der Waals surface area contributed by atoms with Crippen LogP contribution in [0, 0.1) is 11.8 Å². The highest BCUT2D eigenvalue weighted by molar-refractivity contribution is 6.66. The van der Waals surface area contributed by atoms with Gasteiger partial charge in [-0.3, -0.25) is 14.5 Å². The molecule has 1 saturated heterocycles. The van der Waals surface area contributed by atoms with E-state index in [2.05, 4.69) is 6.92 Å². The predicted molar refractivity (Wildman–Crippen MR) is 112 cm³/mol. The number of imide groups is 1. The lowest BCUT2D eigenvalue weighted by molar-refractivity contribution is -0.140. The average molecular weight is 496 g/mol. The van der Waals surface area contributed by atoms with E-state index < -0.39 is 37.7 Å². The van der Waals surface area contributed by atoms with Crippen LogP contribution in [-0.2, 0) is 9.59 Å². The molecule has 2 amide bonds. The fourth-order valence-electron chi connectivity index (χ4n) is 4.50. The van der Waals surface area contributed by atoms with E-state index in [0.29, 0.717) is 6.54 Å². The third-order valence-corrected chi connectivity index (χ3v) is 10.2. The second kappa shape index (κ2) is 7.71. The van der Waals surface area contributed by atoms with Gasteiger partial charge in [0.05, 0.1) is 21.9 Å². The number of fused-ring (bicyclic) bond motifs is 5. The third kappa shape index (κ3) is 2.82. The second-order valence-electron chi connectivity index (χ2n) is 7.53. The molecule has 9 heteroatoms. The van der Waals surface area contributed by atoms with Gasteiger partial charge in [0.2, 0.25) is 11.8 Å². The largest absolute Gasteiger partial charge is 0.282 e. The molecule has 3 aliphatic rings. The van der Waals surface area contributed by atoms with Crippen LogP contribution in [0.25, 0.3) is 0 Å². The zero-order valence-electron chi connectivity index (χ0n) is 14.8. The zero-order chi connectivity index (χ0) is 20.2. The fraction of sp³-hybridized carbons (Fsp3) is 0.778. The normalized spacial score (nSPS) is 36.9. The number of unbranched alkanes of at least 4 members (excludes halogenated alkanes) is 6. The van der Waals surface area contributed by atoms with Gasteiger partial charge in [-0.2, -0.15) is 0 Å². The summed E-state index contributed by atoms with van der Waals surface area (Å²) < 4.78 is -1.86. The van der Waals surface area contributed by atoms with Crippen LogP contribution < -0.4 is 0 Å². The van der Waals surface area contributed by atoms with Crippen LogP contribution in [0.15, 0.2) is 10.1 Å². The first-order valence-electron chi connectivity index (χ1n) is 9.25. The Balaban J connectivity index is 1.72. The van der Waals surface area contributed by atoms with Gasteiger partial charge in [0, 0.05) is 6.54 Å². The van der Waals surface area contributed by atoms with Gasteiger partial charge in [0.25, 0.3) is 0 Å². The van der Waals surface area contributed by atoms with Crippen molar-refractivity contribution in [1.29, 1.82) is 0 Å². The van der Waals surface area contributed by atoms with Gasteiger partial charge in [0.15, 0.2) is 4.33 Å². The van der Waals surface area contributed by atoms with E-state index in [-0.39, 0.29) is 10.1 Å². The Labute approximate surface area is 189 Å². The van der Waals surface area contributed by atoms with E-state index in [4.69, 9.17) is 69.6 Å². The molecule has 0 aromatic carbocycles. The summed E-state index contributed by atoms with van der Waals surface area (Å²) in [6.45, 7) is 2.50. The molecule has 2 fully saturated rings. The lowest BCUT2D eigenvalue weighted by atomic mass is 9.84. The Bertz CT molecular complexity index is 649. The molecule has 0 radical (unpaired) electrons. The Morgan fingerprint density at radius 1 is 0.778 bits per heavy atom. The SMILES string of the molecule is CCCCCCCCCN1C(=O)C2C(C1=O)C1(Cl)C(Cl)=C(Cl)C2(Cl)C1(Cl)Cl. The van der Waals surface area contributed by atoms with E-state index in [1.165, 1.54) is 24.2 Å². The number of amides is 2. The fourth-order valence-corrected chi connectivity index (χ4v) is 7.43. The summed E-state index contributed by atoms with van der Waals surface area (Å²) in [7, 11) is 0. The molecule has 27 heavy (non-hydrogen) atoms. The summed E-state index contributed by atoms with van der Waals surface area (Å²) in [6.07, 6.45) is 7.55. The van der Waals surface area contributed by atoms with Crippen LogP contribution in [-0.4, -0.2) is 37.3 Å². The minimum absolute atomic E-state index is 0.0500. The van der Waals surface area contributed by atoms with Gasteiger partial charge in [-0.25, -0.2) is 0 Å². The second-order valence-corrected chi connectivity index (χ2v) is 10.8. The van der Waals surface area contributed by atoms with E-state index in [1.54, 1.807) is 0 Å². The van der Waals surface area contributed by atoms with E-state index in [9.17, 15) is 9.59 Å². The quantitative estimate of drug-likeness (QED) is 0.229. The molecule has 4 unspecified atom stereocenters. The van der Waals surface area contributed by atoms with E-state index >= 15 is 0 Å². The van der Waals surface area contributed by atoms with E-state index in [1.807, 2.05) is 0 Å². The highest BCUT2D eigenvalue weighted by atomic mass is 35.5. The van der Waals surface area contributed by atoms with Crippen molar-refractivity contribution in [3.8, 4) is 0 Å². The van der Waals surface area contributed by atoms with Gasteiger partial charge < -0.3 is 0 Å². The summed E-state index contributed by atoms with van der Waals surface area (Å²) in [5, 5.41) is -0.1000. The van der Waals surface area contributed by atoms with Crippen LogP contribution in [0.5, 0.6) is 0 Å². The molecule has 0 spiro atoms. The standard InChI is InChI=1S/C18H21Cl6NO2/c1-2-3-4-5-6-7-8-9-25-14(26)10-11(15(25)27)17(22)13(20)12(19)16(10,21)18(17,23)24/h10-11H,2-9H2,1H3. The number of hydrogen-bond acceptors (Lipinski definition) is 2. The van der Waals surface area contributed by atoms with Crippen LogP contribution >= 0.6 is 69.6 Å². The van der Waals surface area contributed by atoms with Gasteiger partial charge in [-0.15, -0.1) is 23.2 Å². The summed E-state index contributed by atoms with van der Waals surface area (Å²) in [5.74, 6) is -2.89. The van der Waals surface area contributed by atoms with Crippen LogP contribution in [0.3, 0.4) is 0 Å². The molecule has 3 nitrogen and oxygen atoms in total. The van der Waals surface area contributed by atoms with Crippen molar-refractivity contribution >= 4 is 81.4 Å². The summed E-state index contributed by atoms with van der Waals surface area (Å²) >= 11 is 38.7. The molecule has 1 saturated carbocycles. The number of allylic oxidation sites excluding steroid dienone is 2. The lowest BCUT2D eigenvalue weighted by Gasteiger charge is -2.34.